The van der Waals surface area contributed by atoms with Crippen molar-refractivity contribution in [3.05, 3.63) is 34.2 Å². The third-order valence-corrected chi connectivity index (χ3v) is 6.20. The maximum Gasteiger partial charge on any atom is 0.326 e. The normalized spacial score (nSPS) is 19.8. The van der Waals surface area contributed by atoms with Crippen molar-refractivity contribution in [1.82, 2.24) is 4.90 Å². The molecule has 1 amide bonds. The van der Waals surface area contributed by atoms with Crippen LogP contribution in [0.1, 0.15) is 37.8 Å². The molecule has 0 unspecified atom stereocenters. The fourth-order valence-corrected chi connectivity index (χ4v) is 4.91. The molecule has 1 saturated heterocycles. The molecule has 2 heterocycles. The van der Waals surface area contributed by atoms with Gasteiger partial charge >= 0.3 is 5.97 Å². The zero-order chi connectivity index (χ0) is 19.7. The first-order chi connectivity index (χ1) is 12.8. The van der Waals surface area contributed by atoms with Crippen LogP contribution in [0.4, 0.5) is 5.69 Å². The number of fused-ring (bicyclic) bond motifs is 1. The van der Waals surface area contributed by atoms with Gasteiger partial charge in [0.1, 0.15) is 10.4 Å². The van der Waals surface area contributed by atoms with Crippen molar-refractivity contribution in [3.8, 4) is 0 Å². The molecule has 2 aliphatic heterocycles. The number of carboxylic acids is 1. The number of benzene rings is 1. The van der Waals surface area contributed by atoms with Gasteiger partial charge in [-0.25, -0.2) is 4.79 Å². The van der Waals surface area contributed by atoms with Crippen LogP contribution < -0.4 is 4.90 Å². The molecule has 27 heavy (non-hydrogen) atoms. The second-order valence-corrected chi connectivity index (χ2v) is 9.12. The van der Waals surface area contributed by atoms with E-state index in [0.717, 1.165) is 24.9 Å². The van der Waals surface area contributed by atoms with E-state index in [2.05, 4.69) is 24.1 Å². The average Bonchev–Trinajstić information content (AvgIpc) is 2.86. The van der Waals surface area contributed by atoms with E-state index < -0.39 is 12.0 Å². The highest BCUT2D eigenvalue weighted by molar-refractivity contribution is 8.26. The third kappa shape index (κ3) is 4.19. The lowest BCUT2D eigenvalue weighted by Crippen LogP contribution is -2.44. The Bertz CT molecular complexity index is 819. The van der Waals surface area contributed by atoms with Gasteiger partial charge < -0.3 is 10.0 Å². The Morgan fingerprint density at radius 3 is 2.81 bits per heavy atom. The maximum atomic E-state index is 12.9. The number of carbonyl (C=O) groups is 2. The van der Waals surface area contributed by atoms with Crippen molar-refractivity contribution in [2.45, 2.75) is 39.2 Å². The van der Waals surface area contributed by atoms with E-state index in [1.165, 1.54) is 27.9 Å². The highest BCUT2D eigenvalue weighted by Gasteiger charge is 2.40. The molecule has 0 aromatic heterocycles. The number of carbonyl (C=O) groups excluding carboxylic acids is 1. The van der Waals surface area contributed by atoms with Crippen LogP contribution in [0, 0.1) is 5.92 Å². The van der Waals surface area contributed by atoms with E-state index in [1.807, 2.05) is 26.0 Å². The zero-order valence-corrected chi connectivity index (χ0v) is 17.4. The molecular formula is C20H24N2O3S2. The molecule has 1 N–H and O–H groups in total. The Hall–Kier alpha value is -1.86. The second-order valence-electron chi connectivity index (χ2n) is 7.45. The second kappa shape index (κ2) is 8.02. The number of aliphatic carboxylic acids is 1. The molecule has 0 bridgehead atoms. The first-order valence-electron chi connectivity index (χ1n) is 9.12. The summed E-state index contributed by atoms with van der Waals surface area (Å²) in [7, 11) is 2.09. The number of thiocarbonyl (C=S) groups is 1. The molecule has 1 fully saturated rings. The zero-order valence-electron chi connectivity index (χ0n) is 15.8. The minimum Gasteiger partial charge on any atom is -0.480 e. The topological polar surface area (TPSA) is 60.9 Å². The van der Waals surface area contributed by atoms with Crippen molar-refractivity contribution >= 4 is 51.9 Å². The van der Waals surface area contributed by atoms with Crippen LogP contribution in [-0.2, 0) is 16.0 Å². The van der Waals surface area contributed by atoms with Crippen LogP contribution >= 0.6 is 24.0 Å². The number of hydrogen-bond acceptors (Lipinski definition) is 5. The van der Waals surface area contributed by atoms with Crippen molar-refractivity contribution in [3.63, 3.8) is 0 Å². The first kappa shape index (κ1) is 19.9. The summed E-state index contributed by atoms with van der Waals surface area (Å²) in [5.41, 5.74) is 3.45. The number of aryl methyl sites for hydroxylation is 1. The van der Waals surface area contributed by atoms with Crippen molar-refractivity contribution in [2.24, 2.45) is 5.92 Å². The predicted octanol–water partition coefficient (Wildman–Crippen LogP) is 3.77. The van der Waals surface area contributed by atoms with E-state index in [9.17, 15) is 14.7 Å². The van der Waals surface area contributed by atoms with Gasteiger partial charge in [-0.05, 0) is 54.5 Å². The molecule has 0 radical (unpaired) electrons. The summed E-state index contributed by atoms with van der Waals surface area (Å²) in [6, 6.07) is 5.27. The first-order valence-corrected chi connectivity index (χ1v) is 10.3. The Morgan fingerprint density at radius 1 is 1.41 bits per heavy atom. The summed E-state index contributed by atoms with van der Waals surface area (Å²) in [5, 5.41) is 9.56. The lowest BCUT2D eigenvalue weighted by Gasteiger charge is -2.27. The number of thioether (sulfide) groups is 1. The van der Waals surface area contributed by atoms with Crippen LogP contribution in [0.5, 0.6) is 0 Å². The molecule has 0 saturated carbocycles. The summed E-state index contributed by atoms with van der Waals surface area (Å²) in [6.07, 6.45) is 4.34. The van der Waals surface area contributed by atoms with Crippen LogP contribution in [0.15, 0.2) is 23.1 Å². The summed E-state index contributed by atoms with van der Waals surface area (Å²) in [6.45, 7) is 4.93. The van der Waals surface area contributed by atoms with E-state index in [1.54, 1.807) is 0 Å². The Labute approximate surface area is 169 Å². The van der Waals surface area contributed by atoms with Crippen LogP contribution in [0.3, 0.4) is 0 Å². The Morgan fingerprint density at radius 2 is 2.15 bits per heavy atom. The van der Waals surface area contributed by atoms with Crippen LogP contribution in [0.25, 0.3) is 6.08 Å². The third-order valence-electron chi connectivity index (χ3n) is 4.87. The van der Waals surface area contributed by atoms with Crippen molar-refractivity contribution in [1.29, 1.82) is 0 Å². The number of hydrogen-bond donors (Lipinski definition) is 1. The largest absolute Gasteiger partial charge is 0.480 e. The fraction of sp³-hybridized carbons (Fsp3) is 0.450. The molecule has 5 nitrogen and oxygen atoms in total. The lowest BCUT2D eigenvalue weighted by molar-refractivity contribution is -0.145. The van der Waals surface area contributed by atoms with Gasteiger partial charge in [0.15, 0.2) is 0 Å². The molecule has 1 aromatic rings. The minimum absolute atomic E-state index is 0.150. The van der Waals surface area contributed by atoms with Gasteiger partial charge in [0.25, 0.3) is 5.91 Å². The van der Waals surface area contributed by atoms with E-state index in [-0.39, 0.29) is 11.8 Å². The highest BCUT2D eigenvalue weighted by Crippen LogP contribution is 2.36. The number of rotatable bonds is 5. The molecule has 1 aromatic carbocycles. The molecule has 144 valence electrons. The quantitative estimate of drug-likeness (QED) is 0.595. The SMILES string of the molecule is CC(C)C[C@@H](C(=O)O)N1C(=O)/C(=C\c2ccc3c(c2)CCCN3C)SC1=S. The van der Waals surface area contributed by atoms with Gasteiger partial charge in [-0.2, -0.15) is 0 Å². The van der Waals surface area contributed by atoms with E-state index >= 15 is 0 Å². The highest BCUT2D eigenvalue weighted by atomic mass is 32.2. The summed E-state index contributed by atoms with van der Waals surface area (Å²) in [5.74, 6) is -1.18. The van der Waals surface area contributed by atoms with E-state index in [0.29, 0.717) is 15.6 Å². The van der Waals surface area contributed by atoms with Gasteiger partial charge in [0, 0.05) is 19.3 Å². The van der Waals surface area contributed by atoms with Gasteiger partial charge in [-0.1, -0.05) is 43.9 Å². The van der Waals surface area contributed by atoms with Crippen molar-refractivity contribution < 1.29 is 14.7 Å². The molecule has 0 spiro atoms. The van der Waals surface area contributed by atoms with Crippen LogP contribution in [0.2, 0.25) is 0 Å². The van der Waals surface area contributed by atoms with Gasteiger partial charge in [0.2, 0.25) is 0 Å². The number of amides is 1. The van der Waals surface area contributed by atoms with Gasteiger partial charge in [-0.3, -0.25) is 9.69 Å². The number of anilines is 1. The fourth-order valence-electron chi connectivity index (χ4n) is 3.56. The molecule has 0 aliphatic carbocycles. The van der Waals surface area contributed by atoms with Crippen molar-refractivity contribution in [2.75, 3.05) is 18.5 Å². The van der Waals surface area contributed by atoms with Gasteiger partial charge in [-0.15, -0.1) is 0 Å². The van der Waals surface area contributed by atoms with Gasteiger partial charge in [0.05, 0.1) is 4.91 Å². The standard InChI is InChI=1S/C20H24N2O3S2/c1-12(2)9-16(19(24)25)22-18(23)17(27-20(22)26)11-13-6-7-15-14(10-13)5-4-8-21(15)3/h6-7,10-12,16H,4-5,8-9H2,1-3H3,(H,24,25)/b17-11+/t16-/m0/s1. The Balaban J connectivity index is 1.87. The average molecular weight is 405 g/mol. The molecule has 3 rings (SSSR count). The summed E-state index contributed by atoms with van der Waals surface area (Å²) in [4.78, 5) is 28.5. The summed E-state index contributed by atoms with van der Waals surface area (Å²) < 4.78 is 0.317. The molecular weight excluding hydrogens is 380 g/mol. The number of nitrogens with zero attached hydrogens (tertiary/aromatic N) is 2. The summed E-state index contributed by atoms with van der Waals surface area (Å²) >= 11 is 6.51. The number of carboxylic acid groups (broad SMARTS) is 1. The molecule has 1 atom stereocenters. The Kier molecular flexibility index (Phi) is 5.91. The monoisotopic (exact) mass is 404 g/mol. The van der Waals surface area contributed by atoms with E-state index in [4.69, 9.17) is 12.2 Å². The smallest absolute Gasteiger partial charge is 0.326 e. The molecule has 2 aliphatic rings. The predicted molar refractivity (Wildman–Crippen MR) is 114 cm³/mol. The molecule has 7 heteroatoms. The minimum atomic E-state index is -1.02. The lowest BCUT2D eigenvalue weighted by atomic mass is 9.99. The maximum absolute atomic E-state index is 12.9. The van der Waals surface area contributed by atoms with Crippen LogP contribution in [-0.4, -0.2) is 45.8 Å².